The highest BCUT2D eigenvalue weighted by atomic mass is 15.2. The van der Waals surface area contributed by atoms with E-state index >= 15 is 0 Å². The Hall–Kier alpha value is -0.0800. The summed E-state index contributed by atoms with van der Waals surface area (Å²) in [6.45, 7) is 7.04. The van der Waals surface area contributed by atoms with Gasteiger partial charge < -0.3 is 5.73 Å². The molecule has 2 rings (SSSR count). The van der Waals surface area contributed by atoms with Crippen LogP contribution in [-0.2, 0) is 0 Å². The van der Waals surface area contributed by atoms with E-state index in [1.165, 1.54) is 38.8 Å². The zero-order chi connectivity index (χ0) is 10.1. The monoisotopic (exact) mass is 196 g/mol. The molecule has 1 heterocycles. The fourth-order valence-electron chi connectivity index (χ4n) is 3.11. The van der Waals surface area contributed by atoms with E-state index < -0.39 is 0 Å². The lowest BCUT2D eigenvalue weighted by Gasteiger charge is -2.27. The Bertz CT molecular complexity index is 177. The van der Waals surface area contributed by atoms with Crippen LogP contribution in [0.4, 0.5) is 0 Å². The molecule has 0 radical (unpaired) electrons. The molecule has 14 heavy (non-hydrogen) atoms. The maximum atomic E-state index is 5.96. The Balaban J connectivity index is 1.92. The first kappa shape index (κ1) is 10.4. The number of fused-ring (bicyclic) bond motifs is 1. The molecule has 2 aliphatic rings. The summed E-state index contributed by atoms with van der Waals surface area (Å²) < 4.78 is 0. The van der Waals surface area contributed by atoms with E-state index in [2.05, 4.69) is 18.7 Å². The van der Waals surface area contributed by atoms with Crippen molar-refractivity contribution in [2.75, 3.05) is 13.1 Å². The molecule has 82 valence electrons. The van der Waals surface area contributed by atoms with Crippen molar-refractivity contribution in [3.63, 3.8) is 0 Å². The Morgan fingerprint density at radius 2 is 1.57 bits per heavy atom. The number of hydrogen-bond acceptors (Lipinski definition) is 2. The molecule has 0 bridgehead atoms. The van der Waals surface area contributed by atoms with Gasteiger partial charge in [-0.05, 0) is 38.5 Å². The molecule has 2 heteroatoms. The van der Waals surface area contributed by atoms with Crippen molar-refractivity contribution in [3.8, 4) is 0 Å². The summed E-state index contributed by atoms with van der Waals surface area (Å²) in [6, 6.07) is 0.885. The van der Waals surface area contributed by atoms with Gasteiger partial charge in [-0.2, -0.15) is 0 Å². The van der Waals surface area contributed by atoms with Gasteiger partial charge in [0.05, 0.1) is 0 Å². The van der Waals surface area contributed by atoms with E-state index in [9.17, 15) is 0 Å². The molecule has 2 unspecified atom stereocenters. The Labute approximate surface area is 87.8 Å². The summed E-state index contributed by atoms with van der Waals surface area (Å²) in [5.41, 5.74) is 5.96. The third kappa shape index (κ3) is 1.96. The van der Waals surface area contributed by atoms with Crippen LogP contribution in [-0.4, -0.2) is 30.1 Å². The molecule has 1 aliphatic carbocycles. The van der Waals surface area contributed by atoms with Crippen molar-refractivity contribution < 1.29 is 0 Å². The molecular formula is C12H24N2. The van der Waals surface area contributed by atoms with E-state index in [0.717, 1.165) is 11.8 Å². The first-order valence-electron chi connectivity index (χ1n) is 6.18. The van der Waals surface area contributed by atoms with Crippen LogP contribution in [0.5, 0.6) is 0 Å². The van der Waals surface area contributed by atoms with Crippen LogP contribution in [0.2, 0.25) is 0 Å². The quantitative estimate of drug-likeness (QED) is 0.730. The molecule has 1 aliphatic heterocycles. The third-order valence-corrected chi connectivity index (χ3v) is 4.34. The van der Waals surface area contributed by atoms with Crippen LogP contribution in [0.15, 0.2) is 0 Å². The van der Waals surface area contributed by atoms with Gasteiger partial charge in [0.1, 0.15) is 0 Å². The van der Waals surface area contributed by atoms with E-state index in [-0.39, 0.29) is 0 Å². The first-order chi connectivity index (χ1) is 6.68. The van der Waals surface area contributed by atoms with Crippen molar-refractivity contribution in [1.29, 1.82) is 0 Å². The average molecular weight is 196 g/mol. The van der Waals surface area contributed by atoms with Gasteiger partial charge >= 0.3 is 0 Å². The summed E-state index contributed by atoms with van der Waals surface area (Å²) in [4.78, 5) is 2.62. The Morgan fingerprint density at radius 3 is 2.00 bits per heavy atom. The molecular weight excluding hydrogens is 172 g/mol. The smallest absolute Gasteiger partial charge is 0.0216 e. The molecule has 0 spiro atoms. The summed E-state index contributed by atoms with van der Waals surface area (Å²) >= 11 is 0. The second-order valence-electron chi connectivity index (χ2n) is 5.36. The Morgan fingerprint density at radius 1 is 1.07 bits per heavy atom. The molecule has 2 fully saturated rings. The van der Waals surface area contributed by atoms with Crippen LogP contribution < -0.4 is 5.73 Å². The standard InChI is InChI=1S/C12H24N2/c1-9(13)10(2)14-7-11-5-3-4-6-12(11)8-14/h9-12H,3-8,13H2,1-2H3/t9?,10?,11-,12+. The zero-order valence-corrected chi connectivity index (χ0v) is 9.58. The summed E-state index contributed by atoms with van der Waals surface area (Å²) in [7, 11) is 0. The van der Waals surface area contributed by atoms with Gasteiger partial charge in [0.2, 0.25) is 0 Å². The lowest BCUT2D eigenvalue weighted by Crippen LogP contribution is -2.43. The average Bonchev–Trinajstić information content (AvgIpc) is 2.59. The number of nitrogens with two attached hydrogens (primary N) is 1. The minimum absolute atomic E-state index is 0.315. The molecule has 4 atom stereocenters. The topological polar surface area (TPSA) is 29.3 Å². The second kappa shape index (κ2) is 4.19. The Kier molecular flexibility index (Phi) is 3.13. The molecule has 2 N–H and O–H groups in total. The summed E-state index contributed by atoms with van der Waals surface area (Å²) in [5.74, 6) is 1.98. The number of nitrogens with zero attached hydrogens (tertiary/aromatic N) is 1. The fraction of sp³-hybridized carbons (Fsp3) is 1.00. The lowest BCUT2D eigenvalue weighted by molar-refractivity contribution is 0.221. The molecule has 0 aromatic carbocycles. The molecule has 2 nitrogen and oxygen atoms in total. The first-order valence-corrected chi connectivity index (χ1v) is 6.18. The third-order valence-electron chi connectivity index (χ3n) is 4.34. The highest BCUT2D eigenvalue weighted by molar-refractivity contribution is 4.90. The largest absolute Gasteiger partial charge is 0.327 e. The molecule has 1 saturated carbocycles. The zero-order valence-electron chi connectivity index (χ0n) is 9.58. The molecule has 1 saturated heterocycles. The SMILES string of the molecule is CC(N)C(C)N1C[C@H]2CCCC[C@H]2C1. The predicted octanol–water partition coefficient (Wildman–Crippen LogP) is 1.84. The normalized spacial score (nSPS) is 37.9. The van der Waals surface area contributed by atoms with Crippen molar-refractivity contribution in [1.82, 2.24) is 4.90 Å². The van der Waals surface area contributed by atoms with Crippen molar-refractivity contribution in [2.45, 2.75) is 51.6 Å². The van der Waals surface area contributed by atoms with Gasteiger partial charge in [-0.1, -0.05) is 12.8 Å². The van der Waals surface area contributed by atoms with Crippen molar-refractivity contribution >= 4 is 0 Å². The predicted molar refractivity (Wildman–Crippen MR) is 60.1 cm³/mol. The van der Waals surface area contributed by atoms with E-state index in [1.54, 1.807) is 0 Å². The van der Waals surface area contributed by atoms with Crippen LogP contribution in [0.25, 0.3) is 0 Å². The van der Waals surface area contributed by atoms with Crippen LogP contribution >= 0.6 is 0 Å². The van der Waals surface area contributed by atoms with Gasteiger partial charge in [0.15, 0.2) is 0 Å². The number of hydrogen-bond donors (Lipinski definition) is 1. The summed E-state index contributed by atoms with van der Waals surface area (Å²) in [5, 5.41) is 0. The minimum atomic E-state index is 0.315. The summed E-state index contributed by atoms with van der Waals surface area (Å²) in [6.07, 6.45) is 5.85. The maximum absolute atomic E-state index is 5.96. The minimum Gasteiger partial charge on any atom is -0.327 e. The van der Waals surface area contributed by atoms with Gasteiger partial charge in [0, 0.05) is 25.2 Å². The highest BCUT2D eigenvalue weighted by Gasteiger charge is 2.36. The van der Waals surface area contributed by atoms with Crippen molar-refractivity contribution in [2.24, 2.45) is 17.6 Å². The van der Waals surface area contributed by atoms with Crippen LogP contribution in [0.3, 0.4) is 0 Å². The highest BCUT2D eigenvalue weighted by Crippen LogP contribution is 2.36. The lowest BCUT2D eigenvalue weighted by atomic mass is 9.82. The van der Waals surface area contributed by atoms with E-state index in [1.807, 2.05) is 0 Å². The van der Waals surface area contributed by atoms with Gasteiger partial charge in [-0.25, -0.2) is 0 Å². The van der Waals surface area contributed by atoms with Crippen LogP contribution in [0, 0.1) is 11.8 Å². The van der Waals surface area contributed by atoms with Gasteiger partial charge in [-0.3, -0.25) is 4.90 Å². The number of rotatable bonds is 2. The fourth-order valence-corrected chi connectivity index (χ4v) is 3.11. The van der Waals surface area contributed by atoms with Crippen molar-refractivity contribution in [3.05, 3.63) is 0 Å². The molecule has 0 aromatic heterocycles. The molecule has 0 amide bonds. The second-order valence-corrected chi connectivity index (χ2v) is 5.36. The van der Waals surface area contributed by atoms with E-state index in [0.29, 0.717) is 12.1 Å². The number of likely N-dealkylation sites (tertiary alicyclic amines) is 1. The van der Waals surface area contributed by atoms with Gasteiger partial charge in [0.25, 0.3) is 0 Å². The maximum Gasteiger partial charge on any atom is 0.0216 e. The molecule has 0 aromatic rings. The van der Waals surface area contributed by atoms with Crippen LogP contribution in [0.1, 0.15) is 39.5 Å². The van der Waals surface area contributed by atoms with Gasteiger partial charge in [-0.15, -0.1) is 0 Å². The van der Waals surface area contributed by atoms with E-state index in [4.69, 9.17) is 5.73 Å².